The van der Waals surface area contributed by atoms with Crippen molar-refractivity contribution >= 4 is 17.6 Å². The van der Waals surface area contributed by atoms with E-state index in [1.165, 1.54) is 0 Å². The van der Waals surface area contributed by atoms with Crippen molar-refractivity contribution in [2.75, 3.05) is 50.8 Å². The van der Waals surface area contributed by atoms with E-state index in [4.69, 9.17) is 9.47 Å². The Morgan fingerprint density at radius 3 is 2.46 bits per heavy atom. The quantitative estimate of drug-likeness (QED) is 0.742. The largest absolute Gasteiger partial charge is 0.487 e. The van der Waals surface area contributed by atoms with E-state index in [0.29, 0.717) is 45.9 Å². The third kappa shape index (κ3) is 3.81. The van der Waals surface area contributed by atoms with Gasteiger partial charge in [0.05, 0.1) is 25.4 Å². The standard InChI is InChI=1S/C21H29N3O4/c1-15-3-4-19-18(13-15)24(14-16(2)28-19)21(26)23-7-5-17(6-8-23)20(25)22-9-11-27-12-10-22/h3-4,13,16-17H,5-12,14H2,1-2H3/t16-/m0/s1. The highest BCUT2D eigenvalue weighted by Gasteiger charge is 2.35. The molecule has 0 N–H and O–H groups in total. The molecule has 0 saturated carbocycles. The Labute approximate surface area is 166 Å². The molecule has 3 aliphatic heterocycles. The second kappa shape index (κ2) is 7.99. The number of ether oxygens (including phenoxy) is 2. The number of benzene rings is 1. The van der Waals surface area contributed by atoms with E-state index in [9.17, 15) is 9.59 Å². The summed E-state index contributed by atoms with van der Waals surface area (Å²) in [5.74, 6) is 0.992. The molecule has 2 saturated heterocycles. The molecule has 3 amide bonds. The molecule has 3 aliphatic rings. The fourth-order valence-corrected chi connectivity index (χ4v) is 4.26. The minimum Gasteiger partial charge on any atom is -0.487 e. The summed E-state index contributed by atoms with van der Waals surface area (Å²) in [5, 5.41) is 0. The zero-order valence-corrected chi connectivity index (χ0v) is 16.7. The molecule has 7 nitrogen and oxygen atoms in total. The molecule has 1 aromatic carbocycles. The van der Waals surface area contributed by atoms with Gasteiger partial charge in [-0.3, -0.25) is 9.69 Å². The summed E-state index contributed by atoms with van der Waals surface area (Å²) in [5.41, 5.74) is 1.94. The molecule has 0 spiro atoms. The number of likely N-dealkylation sites (tertiary alicyclic amines) is 1. The van der Waals surface area contributed by atoms with Crippen molar-refractivity contribution in [3.05, 3.63) is 23.8 Å². The van der Waals surface area contributed by atoms with E-state index >= 15 is 0 Å². The minimum absolute atomic E-state index is 0.0132. The number of rotatable bonds is 1. The Hall–Kier alpha value is -2.28. The van der Waals surface area contributed by atoms with Gasteiger partial charge in [-0.05, 0) is 44.4 Å². The average Bonchev–Trinajstić information content (AvgIpc) is 2.73. The summed E-state index contributed by atoms with van der Waals surface area (Å²) in [4.78, 5) is 31.6. The van der Waals surface area contributed by atoms with Crippen LogP contribution in [0.3, 0.4) is 0 Å². The van der Waals surface area contributed by atoms with Crippen LogP contribution in [0.25, 0.3) is 0 Å². The van der Waals surface area contributed by atoms with Crippen LogP contribution < -0.4 is 9.64 Å². The van der Waals surface area contributed by atoms with Gasteiger partial charge in [0.25, 0.3) is 0 Å². The number of aryl methyl sites for hydroxylation is 1. The summed E-state index contributed by atoms with van der Waals surface area (Å²) in [6, 6.07) is 5.96. The summed E-state index contributed by atoms with van der Waals surface area (Å²) in [6.45, 7) is 8.38. The van der Waals surface area contributed by atoms with Gasteiger partial charge in [-0.2, -0.15) is 0 Å². The zero-order chi connectivity index (χ0) is 19.7. The first-order valence-corrected chi connectivity index (χ1v) is 10.2. The maximum Gasteiger partial charge on any atom is 0.324 e. The van der Waals surface area contributed by atoms with Crippen LogP contribution in [-0.4, -0.2) is 73.8 Å². The smallest absolute Gasteiger partial charge is 0.324 e. The number of nitrogens with zero attached hydrogens (tertiary/aromatic N) is 3. The van der Waals surface area contributed by atoms with E-state index in [0.717, 1.165) is 29.8 Å². The number of carbonyl (C=O) groups excluding carboxylic acids is 2. The second-order valence-electron chi connectivity index (χ2n) is 7.99. The molecular formula is C21H29N3O4. The molecule has 2 fully saturated rings. The van der Waals surface area contributed by atoms with Crippen molar-refractivity contribution in [2.45, 2.75) is 32.8 Å². The van der Waals surface area contributed by atoms with Gasteiger partial charge in [0, 0.05) is 32.1 Å². The highest BCUT2D eigenvalue weighted by atomic mass is 16.5. The fraction of sp³-hybridized carbons (Fsp3) is 0.619. The summed E-state index contributed by atoms with van der Waals surface area (Å²) in [7, 11) is 0. The maximum atomic E-state index is 13.2. The lowest BCUT2D eigenvalue weighted by molar-refractivity contribution is -0.141. The normalized spacial score (nSPS) is 23.2. The van der Waals surface area contributed by atoms with Crippen molar-refractivity contribution in [2.24, 2.45) is 5.92 Å². The number of amides is 3. The molecule has 3 heterocycles. The van der Waals surface area contributed by atoms with Crippen LogP contribution in [0.5, 0.6) is 5.75 Å². The average molecular weight is 387 g/mol. The van der Waals surface area contributed by atoms with E-state index in [1.54, 1.807) is 0 Å². The lowest BCUT2D eigenvalue weighted by Gasteiger charge is -2.40. The van der Waals surface area contributed by atoms with E-state index < -0.39 is 0 Å². The molecule has 0 radical (unpaired) electrons. The second-order valence-corrected chi connectivity index (χ2v) is 7.99. The molecular weight excluding hydrogens is 358 g/mol. The molecule has 0 aliphatic carbocycles. The van der Waals surface area contributed by atoms with Crippen molar-refractivity contribution in [1.29, 1.82) is 0 Å². The highest BCUT2D eigenvalue weighted by Crippen LogP contribution is 2.35. The van der Waals surface area contributed by atoms with Crippen LogP contribution >= 0.6 is 0 Å². The van der Waals surface area contributed by atoms with E-state index in [1.807, 2.05) is 46.7 Å². The van der Waals surface area contributed by atoms with Gasteiger partial charge in [-0.1, -0.05) is 6.07 Å². The van der Waals surface area contributed by atoms with Gasteiger partial charge in [0.15, 0.2) is 0 Å². The van der Waals surface area contributed by atoms with E-state index in [2.05, 4.69) is 0 Å². The molecule has 4 rings (SSSR count). The van der Waals surface area contributed by atoms with Crippen LogP contribution in [0.1, 0.15) is 25.3 Å². The van der Waals surface area contributed by atoms with E-state index in [-0.39, 0.29) is 24.0 Å². The minimum atomic E-state index is -0.0420. The fourth-order valence-electron chi connectivity index (χ4n) is 4.26. The predicted octanol–water partition coefficient (Wildman–Crippen LogP) is 2.27. The number of fused-ring (bicyclic) bond motifs is 1. The monoisotopic (exact) mass is 387 g/mol. The number of hydrogen-bond donors (Lipinski definition) is 0. The van der Waals surface area contributed by atoms with Crippen LogP contribution in [-0.2, 0) is 9.53 Å². The Balaban J connectivity index is 1.40. The predicted molar refractivity (Wildman–Crippen MR) is 106 cm³/mol. The van der Waals surface area contributed by atoms with Crippen molar-refractivity contribution in [3.63, 3.8) is 0 Å². The Morgan fingerprint density at radius 1 is 1.04 bits per heavy atom. The lowest BCUT2D eigenvalue weighted by atomic mass is 9.95. The molecule has 152 valence electrons. The summed E-state index contributed by atoms with van der Waals surface area (Å²) in [6.07, 6.45) is 1.41. The Morgan fingerprint density at radius 2 is 1.75 bits per heavy atom. The Kier molecular flexibility index (Phi) is 5.44. The van der Waals surface area contributed by atoms with Gasteiger partial charge in [-0.15, -0.1) is 0 Å². The van der Waals surface area contributed by atoms with Crippen LogP contribution in [0.2, 0.25) is 0 Å². The van der Waals surface area contributed by atoms with Gasteiger partial charge in [0.1, 0.15) is 11.9 Å². The first-order chi connectivity index (χ1) is 13.5. The molecule has 0 aromatic heterocycles. The number of piperidine rings is 1. The number of urea groups is 1. The van der Waals surface area contributed by atoms with Crippen LogP contribution in [0, 0.1) is 12.8 Å². The first-order valence-electron chi connectivity index (χ1n) is 10.2. The molecule has 28 heavy (non-hydrogen) atoms. The third-order valence-corrected chi connectivity index (χ3v) is 5.84. The number of morpholine rings is 1. The summed E-state index contributed by atoms with van der Waals surface area (Å²) < 4.78 is 11.2. The van der Waals surface area contributed by atoms with Gasteiger partial charge >= 0.3 is 6.03 Å². The number of anilines is 1. The van der Waals surface area contributed by atoms with Crippen LogP contribution in [0.15, 0.2) is 18.2 Å². The topological polar surface area (TPSA) is 62.3 Å². The van der Waals surface area contributed by atoms with Crippen molar-refractivity contribution < 1.29 is 19.1 Å². The molecule has 1 aromatic rings. The van der Waals surface area contributed by atoms with Crippen LogP contribution in [0.4, 0.5) is 10.5 Å². The Bertz CT molecular complexity index is 739. The zero-order valence-electron chi connectivity index (χ0n) is 16.7. The van der Waals surface area contributed by atoms with Crippen molar-refractivity contribution in [1.82, 2.24) is 9.80 Å². The maximum absolute atomic E-state index is 13.2. The highest BCUT2D eigenvalue weighted by molar-refractivity contribution is 5.94. The number of hydrogen-bond acceptors (Lipinski definition) is 4. The number of carbonyl (C=O) groups is 2. The molecule has 0 unspecified atom stereocenters. The van der Waals surface area contributed by atoms with Gasteiger partial charge < -0.3 is 19.3 Å². The van der Waals surface area contributed by atoms with Crippen molar-refractivity contribution in [3.8, 4) is 5.75 Å². The molecule has 1 atom stereocenters. The first kappa shape index (κ1) is 19.1. The van der Waals surface area contributed by atoms with Gasteiger partial charge in [-0.25, -0.2) is 4.79 Å². The lowest BCUT2D eigenvalue weighted by Crippen LogP contribution is -2.52. The SMILES string of the molecule is Cc1ccc2c(c1)N(C(=O)N1CCC(C(=O)N3CCOCC3)CC1)C[C@H](C)O2. The molecule has 7 heteroatoms. The third-order valence-electron chi connectivity index (χ3n) is 5.84. The van der Waals surface area contributed by atoms with Gasteiger partial charge in [0.2, 0.25) is 5.91 Å². The summed E-state index contributed by atoms with van der Waals surface area (Å²) >= 11 is 0. The molecule has 0 bridgehead atoms.